The van der Waals surface area contributed by atoms with Crippen LogP contribution in [-0.4, -0.2) is 22.0 Å². The minimum atomic E-state index is -1.33. The van der Waals surface area contributed by atoms with E-state index in [1.807, 2.05) is 0 Å². The maximum atomic E-state index is 13.0. The van der Waals surface area contributed by atoms with Crippen molar-refractivity contribution in [3.8, 4) is 0 Å². The third-order valence-corrected chi connectivity index (χ3v) is 2.57. The van der Waals surface area contributed by atoms with Gasteiger partial charge in [0.1, 0.15) is 11.5 Å². The van der Waals surface area contributed by atoms with Crippen molar-refractivity contribution in [1.29, 1.82) is 0 Å². The smallest absolute Gasteiger partial charge is 0.337 e. The molecule has 2 rings (SSSR count). The molecule has 2 aromatic rings. The first-order chi connectivity index (χ1) is 8.97. The van der Waals surface area contributed by atoms with Crippen LogP contribution in [0.1, 0.15) is 20.8 Å². The first-order valence-electron chi connectivity index (χ1n) is 5.15. The van der Waals surface area contributed by atoms with E-state index in [-0.39, 0.29) is 16.9 Å². The molecule has 0 spiro atoms. The molecule has 0 saturated heterocycles. The Balaban J connectivity index is 2.28. The van der Waals surface area contributed by atoms with Crippen LogP contribution in [0.3, 0.4) is 0 Å². The Morgan fingerprint density at radius 3 is 2.63 bits per heavy atom. The van der Waals surface area contributed by atoms with Crippen LogP contribution in [0.4, 0.5) is 10.1 Å². The van der Waals surface area contributed by atoms with Crippen molar-refractivity contribution in [2.24, 2.45) is 0 Å². The molecule has 1 heterocycles. The van der Waals surface area contributed by atoms with Gasteiger partial charge in [-0.15, -0.1) is 0 Å². The highest BCUT2D eigenvalue weighted by Crippen LogP contribution is 2.18. The number of aromatic amines is 1. The maximum absolute atomic E-state index is 13.0. The van der Waals surface area contributed by atoms with Gasteiger partial charge in [0.15, 0.2) is 0 Å². The fourth-order valence-corrected chi connectivity index (χ4v) is 1.65. The number of carbonyl (C=O) groups is 2. The minimum absolute atomic E-state index is 0.00428. The number of H-pyrrole nitrogens is 1. The van der Waals surface area contributed by atoms with Gasteiger partial charge in [-0.3, -0.25) is 4.79 Å². The SMILES string of the molecule is O=C(Nc1ccc(F)cc1C(=O)O)c1cc(Cl)c[nH]1. The summed E-state index contributed by atoms with van der Waals surface area (Å²) in [7, 11) is 0. The normalized spacial score (nSPS) is 10.2. The first-order valence-corrected chi connectivity index (χ1v) is 5.53. The molecule has 19 heavy (non-hydrogen) atoms. The molecule has 7 heteroatoms. The Morgan fingerprint density at radius 1 is 1.32 bits per heavy atom. The van der Waals surface area contributed by atoms with Gasteiger partial charge in [-0.2, -0.15) is 0 Å². The van der Waals surface area contributed by atoms with Gasteiger partial charge >= 0.3 is 5.97 Å². The lowest BCUT2D eigenvalue weighted by Gasteiger charge is -2.07. The summed E-state index contributed by atoms with van der Waals surface area (Å²) < 4.78 is 13.0. The molecule has 0 aliphatic carbocycles. The Kier molecular flexibility index (Phi) is 3.52. The van der Waals surface area contributed by atoms with E-state index in [0.29, 0.717) is 5.02 Å². The molecule has 0 fully saturated rings. The average molecular weight is 283 g/mol. The zero-order valence-electron chi connectivity index (χ0n) is 9.41. The van der Waals surface area contributed by atoms with E-state index in [0.717, 1.165) is 12.1 Å². The molecule has 0 saturated carbocycles. The molecule has 0 aliphatic heterocycles. The summed E-state index contributed by atoms with van der Waals surface area (Å²) in [4.78, 5) is 25.4. The summed E-state index contributed by atoms with van der Waals surface area (Å²) in [6, 6.07) is 4.46. The van der Waals surface area contributed by atoms with Crippen LogP contribution in [0.25, 0.3) is 0 Å². The fourth-order valence-electron chi connectivity index (χ4n) is 1.49. The first kappa shape index (κ1) is 13.1. The number of rotatable bonds is 3. The van der Waals surface area contributed by atoms with Gasteiger partial charge in [0.2, 0.25) is 0 Å². The standard InChI is InChI=1S/C12H8ClFN2O3/c13-6-3-10(15-5-6)11(17)16-9-2-1-7(14)4-8(9)12(18)19/h1-5,15H,(H,16,17)(H,18,19). The van der Waals surface area contributed by atoms with Gasteiger partial charge < -0.3 is 15.4 Å². The lowest BCUT2D eigenvalue weighted by molar-refractivity contribution is 0.0697. The van der Waals surface area contributed by atoms with E-state index < -0.39 is 17.7 Å². The van der Waals surface area contributed by atoms with Gasteiger partial charge in [0.05, 0.1) is 16.3 Å². The van der Waals surface area contributed by atoms with Crippen LogP contribution in [0.2, 0.25) is 5.02 Å². The van der Waals surface area contributed by atoms with E-state index in [4.69, 9.17) is 16.7 Å². The Bertz CT molecular complexity index is 654. The second kappa shape index (κ2) is 5.11. The fraction of sp³-hybridized carbons (Fsp3) is 0. The third-order valence-electron chi connectivity index (χ3n) is 2.35. The summed E-state index contributed by atoms with van der Waals surface area (Å²) in [6.07, 6.45) is 1.42. The predicted molar refractivity (Wildman–Crippen MR) is 67.1 cm³/mol. The van der Waals surface area contributed by atoms with Crippen LogP contribution in [-0.2, 0) is 0 Å². The van der Waals surface area contributed by atoms with Crippen molar-refractivity contribution in [1.82, 2.24) is 4.98 Å². The van der Waals surface area contributed by atoms with Gasteiger partial charge in [-0.05, 0) is 24.3 Å². The number of benzene rings is 1. The maximum Gasteiger partial charge on any atom is 0.337 e. The number of anilines is 1. The molecular formula is C12H8ClFN2O3. The highest BCUT2D eigenvalue weighted by atomic mass is 35.5. The van der Waals surface area contributed by atoms with E-state index in [2.05, 4.69) is 10.3 Å². The van der Waals surface area contributed by atoms with Crippen molar-refractivity contribution in [2.45, 2.75) is 0 Å². The number of carboxylic acid groups (broad SMARTS) is 1. The molecule has 1 aromatic carbocycles. The minimum Gasteiger partial charge on any atom is -0.478 e. The molecule has 1 amide bonds. The van der Waals surface area contributed by atoms with Crippen LogP contribution in [0, 0.1) is 5.82 Å². The number of aromatic carboxylic acids is 1. The zero-order chi connectivity index (χ0) is 14.0. The molecule has 0 radical (unpaired) electrons. The van der Waals surface area contributed by atoms with Crippen LogP contribution >= 0.6 is 11.6 Å². The van der Waals surface area contributed by atoms with Crippen LogP contribution in [0.15, 0.2) is 30.5 Å². The van der Waals surface area contributed by atoms with Crippen molar-refractivity contribution in [3.63, 3.8) is 0 Å². The molecule has 3 N–H and O–H groups in total. The van der Waals surface area contributed by atoms with Crippen molar-refractivity contribution in [2.75, 3.05) is 5.32 Å². The Morgan fingerprint density at radius 2 is 2.05 bits per heavy atom. The van der Waals surface area contributed by atoms with Crippen molar-refractivity contribution < 1.29 is 19.1 Å². The summed E-state index contributed by atoms with van der Waals surface area (Å²) in [5.74, 6) is -2.60. The van der Waals surface area contributed by atoms with Gasteiger partial charge in [-0.1, -0.05) is 11.6 Å². The van der Waals surface area contributed by atoms with E-state index >= 15 is 0 Å². The number of carboxylic acids is 1. The molecule has 0 aliphatic rings. The highest BCUT2D eigenvalue weighted by Gasteiger charge is 2.15. The molecule has 0 unspecified atom stereocenters. The number of amides is 1. The van der Waals surface area contributed by atoms with Crippen molar-refractivity contribution in [3.05, 3.63) is 52.6 Å². The molecule has 0 bridgehead atoms. The van der Waals surface area contributed by atoms with E-state index in [1.165, 1.54) is 18.3 Å². The van der Waals surface area contributed by atoms with Crippen LogP contribution in [0.5, 0.6) is 0 Å². The van der Waals surface area contributed by atoms with E-state index in [9.17, 15) is 14.0 Å². The van der Waals surface area contributed by atoms with Crippen LogP contribution < -0.4 is 5.32 Å². The Labute approximate surface area is 112 Å². The average Bonchev–Trinajstić information content (AvgIpc) is 2.78. The number of aromatic nitrogens is 1. The molecule has 0 atom stereocenters. The number of hydrogen-bond donors (Lipinski definition) is 3. The second-order valence-corrected chi connectivity index (χ2v) is 4.12. The van der Waals surface area contributed by atoms with Gasteiger partial charge in [0.25, 0.3) is 5.91 Å². The number of halogens is 2. The number of carbonyl (C=O) groups excluding carboxylic acids is 1. The lowest BCUT2D eigenvalue weighted by atomic mass is 10.1. The molecule has 5 nitrogen and oxygen atoms in total. The van der Waals surface area contributed by atoms with Crippen molar-refractivity contribution >= 4 is 29.2 Å². The largest absolute Gasteiger partial charge is 0.478 e. The molecule has 98 valence electrons. The highest BCUT2D eigenvalue weighted by molar-refractivity contribution is 6.31. The zero-order valence-corrected chi connectivity index (χ0v) is 10.2. The van der Waals surface area contributed by atoms with E-state index in [1.54, 1.807) is 0 Å². The monoisotopic (exact) mass is 282 g/mol. The van der Waals surface area contributed by atoms with Gasteiger partial charge in [-0.25, -0.2) is 9.18 Å². The third kappa shape index (κ3) is 2.92. The topological polar surface area (TPSA) is 82.2 Å². The summed E-state index contributed by atoms with van der Waals surface area (Å²) >= 11 is 5.66. The molecule has 1 aromatic heterocycles. The summed E-state index contributed by atoms with van der Waals surface area (Å²) in [6.45, 7) is 0. The second-order valence-electron chi connectivity index (χ2n) is 3.68. The Hall–Kier alpha value is -2.34. The van der Waals surface area contributed by atoms with Gasteiger partial charge in [0, 0.05) is 6.20 Å². The predicted octanol–water partition coefficient (Wildman–Crippen LogP) is 2.76. The lowest BCUT2D eigenvalue weighted by Crippen LogP contribution is -2.15. The quantitative estimate of drug-likeness (QED) is 0.809. The number of hydrogen-bond acceptors (Lipinski definition) is 2. The molecular weight excluding hydrogens is 275 g/mol. The number of nitrogens with one attached hydrogen (secondary N) is 2. The summed E-state index contributed by atoms with van der Waals surface area (Å²) in [5, 5.41) is 11.7. The summed E-state index contributed by atoms with van der Waals surface area (Å²) in [5.41, 5.74) is -0.152.